The molecule has 1 aliphatic carbocycles. The number of benzene rings is 1. The van der Waals surface area contributed by atoms with Gasteiger partial charge >= 0.3 is 0 Å². The summed E-state index contributed by atoms with van der Waals surface area (Å²) in [5.41, 5.74) is 0.774. The van der Waals surface area contributed by atoms with Gasteiger partial charge in [0.1, 0.15) is 0 Å². The molecule has 0 bridgehead atoms. The normalized spacial score (nSPS) is 20.8. The van der Waals surface area contributed by atoms with Crippen LogP contribution in [0.1, 0.15) is 32.6 Å². The summed E-state index contributed by atoms with van der Waals surface area (Å²) < 4.78 is 1.59. The maximum atomic E-state index is 12.2. The van der Waals surface area contributed by atoms with Crippen molar-refractivity contribution >= 4 is 29.3 Å². The molecule has 0 saturated heterocycles. The lowest BCUT2D eigenvalue weighted by atomic mass is 9.86. The van der Waals surface area contributed by atoms with E-state index in [4.69, 9.17) is 11.6 Å². The molecule has 1 aromatic heterocycles. The molecule has 2 aromatic rings. The number of hydrogen-bond donors (Lipinski definition) is 1. The van der Waals surface area contributed by atoms with Crippen LogP contribution in [0.4, 0.5) is 0 Å². The number of carbonyl (C=O) groups is 1. The van der Waals surface area contributed by atoms with Crippen LogP contribution in [-0.4, -0.2) is 37.9 Å². The van der Waals surface area contributed by atoms with E-state index in [0.29, 0.717) is 21.8 Å². The van der Waals surface area contributed by atoms with E-state index >= 15 is 0 Å². The van der Waals surface area contributed by atoms with Crippen molar-refractivity contribution in [2.45, 2.75) is 43.8 Å². The summed E-state index contributed by atoms with van der Waals surface area (Å²) in [5, 5.41) is 16.0. The van der Waals surface area contributed by atoms with Crippen molar-refractivity contribution in [1.29, 1.82) is 0 Å². The number of hydrogen-bond acceptors (Lipinski definition) is 5. The van der Waals surface area contributed by atoms with Crippen molar-refractivity contribution < 1.29 is 4.79 Å². The largest absolute Gasteiger partial charge is 0.352 e. The number of thioether (sulfide) groups is 1. The lowest BCUT2D eigenvalue weighted by Crippen LogP contribution is -2.41. The van der Waals surface area contributed by atoms with Crippen LogP contribution in [0, 0.1) is 5.92 Å². The average Bonchev–Trinajstić information content (AvgIpc) is 3.04. The monoisotopic (exact) mass is 365 g/mol. The second-order valence-corrected chi connectivity index (χ2v) is 7.46. The van der Waals surface area contributed by atoms with E-state index in [2.05, 4.69) is 27.8 Å². The van der Waals surface area contributed by atoms with Crippen LogP contribution in [0.15, 0.2) is 29.4 Å². The highest BCUT2D eigenvalue weighted by molar-refractivity contribution is 7.99. The Balaban J connectivity index is 1.59. The molecule has 24 heavy (non-hydrogen) atoms. The van der Waals surface area contributed by atoms with Gasteiger partial charge in [0.2, 0.25) is 11.1 Å². The number of halogens is 1. The average molecular weight is 366 g/mol. The number of nitrogens with one attached hydrogen (secondary N) is 1. The zero-order chi connectivity index (χ0) is 16.9. The van der Waals surface area contributed by atoms with Crippen LogP contribution >= 0.6 is 23.4 Å². The quantitative estimate of drug-likeness (QED) is 0.824. The first-order chi connectivity index (χ1) is 11.6. The Morgan fingerprint density at radius 2 is 2.25 bits per heavy atom. The maximum Gasteiger partial charge on any atom is 0.230 e. The fraction of sp³-hybridized carbons (Fsp3) is 0.500. The van der Waals surface area contributed by atoms with Gasteiger partial charge in [-0.2, -0.15) is 4.68 Å². The highest BCUT2D eigenvalue weighted by Crippen LogP contribution is 2.24. The topological polar surface area (TPSA) is 72.7 Å². The van der Waals surface area contributed by atoms with Crippen LogP contribution in [0.5, 0.6) is 0 Å². The fourth-order valence-corrected chi connectivity index (χ4v) is 3.83. The molecule has 2 atom stereocenters. The molecule has 128 valence electrons. The molecule has 0 radical (unpaired) electrons. The van der Waals surface area contributed by atoms with Gasteiger partial charge in [0.25, 0.3) is 0 Å². The first-order valence-electron chi connectivity index (χ1n) is 8.10. The van der Waals surface area contributed by atoms with E-state index in [-0.39, 0.29) is 11.9 Å². The highest BCUT2D eigenvalue weighted by Gasteiger charge is 2.23. The Hall–Kier alpha value is -1.60. The van der Waals surface area contributed by atoms with Gasteiger partial charge in [-0.05, 0) is 47.4 Å². The third-order valence-electron chi connectivity index (χ3n) is 4.28. The first-order valence-corrected chi connectivity index (χ1v) is 9.46. The summed E-state index contributed by atoms with van der Waals surface area (Å²) in [6.45, 7) is 2.21. The third kappa shape index (κ3) is 4.27. The Morgan fingerprint density at radius 1 is 1.42 bits per heavy atom. The number of aromatic nitrogens is 4. The standard InChI is InChI=1S/C16H20ClN5OS/c1-11-5-2-3-8-14(11)18-15(23)10-24-16-19-20-21-22(16)13-7-4-6-12(17)9-13/h4,6-7,9,11,14H,2-3,5,8,10H2,1H3,(H,18,23)/t11-,14+/m1/s1. The molecule has 1 aliphatic rings. The van der Waals surface area contributed by atoms with Crippen molar-refractivity contribution in [2.75, 3.05) is 5.75 Å². The summed E-state index contributed by atoms with van der Waals surface area (Å²) in [4.78, 5) is 12.2. The van der Waals surface area contributed by atoms with E-state index in [1.165, 1.54) is 31.0 Å². The van der Waals surface area contributed by atoms with Crippen LogP contribution in [0.3, 0.4) is 0 Å². The minimum absolute atomic E-state index is 0.0272. The van der Waals surface area contributed by atoms with Gasteiger partial charge in [0, 0.05) is 11.1 Å². The molecule has 0 spiro atoms. The lowest BCUT2D eigenvalue weighted by molar-refractivity contribution is -0.119. The zero-order valence-electron chi connectivity index (χ0n) is 13.5. The predicted octanol–water partition coefficient (Wildman–Crippen LogP) is 3.10. The predicted molar refractivity (Wildman–Crippen MR) is 94.5 cm³/mol. The minimum atomic E-state index is 0.0272. The Bertz CT molecular complexity index is 707. The first kappa shape index (κ1) is 17.2. The molecule has 3 rings (SSSR count). The van der Waals surface area contributed by atoms with E-state index in [1.807, 2.05) is 12.1 Å². The molecule has 1 aromatic carbocycles. The van der Waals surface area contributed by atoms with E-state index < -0.39 is 0 Å². The Morgan fingerprint density at radius 3 is 3.04 bits per heavy atom. The maximum absolute atomic E-state index is 12.2. The van der Waals surface area contributed by atoms with Crippen LogP contribution in [-0.2, 0) is 4.79 Å². The van der Waals surface area contributed by atoms with Gasteiger partial charge in [0.15, 0.2) is 0 Å². The zero-order valence-corrected chi connectivity index (χ0v) is 15.1. The van der Waals surface area contributed by atoms with Crippen LogP contribution in [0.25, 0.3) is 5.69 Å². The number of amides is 1. The number of rotatable bonds is 5. The van der Waals surface area contributed by atoms with Crippen LogP contribution in [0.2, 0.25) is 5.02 Å². The fourth-order valence-electron chi connectivity index (χ4n) is 2.95. The molecule has 0 unspecified atom stereocenters. The van der Waals surface area contributed by atoms with E-state index in [1.54, 1.807) is 16.8 Å². The third-order valence-corrected chi connectivity index (χ3v) is 5.44. The second kappa shape index (κ2) is 7.98. The summed E-state index contributed by atoms with van der Waals surface area (Å²) in [7, 11) is 0. The summed E-state index contributed by atoms with van der Waals surface area (Å²) in [6.07, 6.45) is 4.70. The smallest absolute Gasteiger partial charge is 0.230 e. The molecular weight excluding hydrogens is 346 g/mol. The minimum Gasteiger partial charge on any atom is -0.352 e. The van der Waals surface area contributed by atoms with E-state index in [9.17, 15) is 4.79 Å². The Kier molecular flexibility index (Phi) is 5.73. The molecule has 1 N–H and O–H groups in total. The summed E-state index contributed by atoms with van der Waals surface area (Å²) in [5.74, 6) is 0.869. The lowest BCUT2D eigenvalue weighted by Gasteiger charge is -2.29. The summed E-state index contributed by atoms with van der Waals surface area (Å²) >= 11 is 7.33. The van der Waals surface area contributed by atoms with Gasteiger partial charge in [-0.25, -0.2) is 0 Å². The molecule has 0 aliphatic heterocycles. The van der Waals surface area contributed by atoms with E-state index in [0.717, 1.165) is 12.1 Å². The molecule has 1 heterocycles. The van der Waals surface area contributed by atoms with Crippen molar-refractivity contribution in [2.24, 2.45) is 5.92 Å². The molecule has 1 saturated carbocycles. The van der Waals surface area contributed by atoms with Gasteiger partial charge in [-0.3, -0.25) is 4.79 Å². The molecular formula is C16H20ClN5OS. The molecule has 6 nitrogen and oxygen atoms in total. The summed E-state index contributed by atoms with van der Waals surface area (Å²) in [6, 6.07) is 7.57. The molecule has 1 amide bonds. The number of carbonyl (C=O) groups excluding carboxylic acids is 1. The molecule has 8 heteroatoms. The Labute approximate surface area is 150 Å². The van der Waals surface area contributed by atoms with Gasteiger partial charge in [-0.15, -0.1) is 5.10 Å². The highest BCUT2D eigenvalue weighted by atomic mass is 35.5. The second-order valence-electron chi connectivity index (χ2n) is 6.08. The van der Waals surface area contributed by atoms with Crippen molar-refractivity contribution in [3.05, 3.63) is 29.3 Å². The molecule has 1 fully saturated rings. The van der Waals surface area contributed by atoms with Crippen molar-refractivity contribution in [3.8, 4) is 5.69 Å². The van der Waals surface area contributed by atoms with Gasteiger partial charge in [-0.1, -0.05) is 49.2 Å². The van der Waals surface area contributed by atoms with Crippen LogP contribution < -0.4 is 5.32 Å². The van der Waals surface area contributed by atoms with Gasteiger partial charge in [0.05, 0.1) is 11.4 Å². The van der Waals surface area contributed by atoms with Crippen molar-refractivity contribution in [3.63, 3.8) is 0 Å². The van der Waals surface area contributed by atoms with Gasteiger partial charge < -0.3 is 5.32 Å². The van der Waals surface area contributed by atoms with Crippen molar-refractivity contribution in [1.82, 2.24) is 25.5 Å². The SMILES string of the molecule is C[C@@H]1CCCC[C@@H]1NC(=O)CSc1nnnn1-c1cccc(Cl)c1. The number of tetrazole rings is 1. The number of nitrogens with zero attached hydrogens (tertiary/aromatic N) is 4.